The topological polar surface area (TPSA) is 74.8 Å². The van der Waals surface area contributed by atoms with E-state index >= 15 is 0 Å². The molecule has 0 aliphatic heterocycles. The van der Waals surface area contributed by atoms with Crippen LogP contribution >= 0.6 is 11.3 Å². The van der Waals surface area contributed by atoms with Crippen molar-refractivity contribution >= 4 is 33.1 Å². The Bertz CT molecular complexity index is 1180. The van der Waals surface area contributed by atoms with Crippen molar-refractivity contribution in [1.82, 2.24) is 9.97 Å². The van der Waals surface area contributed by atoms with Gasteiger partial charge in [-0.25, -0.2) is 9.37 Å². The Morgan fingerprint density at radius 1 is 1.15 bits per heavy atom. The Morgan fingerprint density at radius 2 is 1.93 bits per heavy atom. The van der Waals surface area contributed by atoms with Gasteiger partial charge in [0.05, 0.1) is 0 Å². The van der Waals surface area contributed by atoms with E-state index in [0.717, 1.165) is 10.4 Å². The summed E-state index contributed by atoms with van der Waals surface area (Å²) in [4.78, 5) is 32.3. The molecule has 0 aliphatic carbocycles. The molecule has 2 aromatic heterocycles. The number of thiazole rings is 1. The Balaban J connectivity index is 1.51. The number of hydrogen-bond acceptors (Lipinski definition) is 4. The van der Waals surface area contributed by atoms with Crippen molar-refractivity contribution in [3.8, 4) is 0 Å². The molecule has 27 heavy (non-hydrogen) atoms. The predicted molar refractivity (Wildman–Crippen MR) is 104 cm³/mol. The van der Waals surface area contributed by atoms with E-state index in [4.69, 9.17) is 0 Å². The minimum absolute atomic E-state index is 0.175. The van der Waals surface area contributed by atoms with Crippen LogP contribution in [-0.2, 0) is 6.42 Å². The second-order valence-corrected chi connectivity index (χ2v) is 7.10. The highest BCUT2D eigenvalue weighted by Gasteiger charge is 2.12. The van der Waals surface area contributed by atoms with E-state index in [1.165, 1.54) is 23.5 Å². The van der Waals surface area contributed by atoms with Gasteiger partial charge in [0.25, 0.3) is 11.5 Å². The Labute approximate surface area is 157 Å². The van der Waals surface area contributed by atoms with Crippen molar-refractivity contribution < 1.29 is 9.18 Å². The van der Waals surface area contributed by atoms with Crippen molar-refractivity contribution in [2.45, 2.75) is 6.42 Å². The lowest BCUT2D eigenvalue weighted by Gasteiger charge is -2.03. The number of rotatable bonds is 4. The third-order valence-corrected chi connectivity index (χ3v) is 4.98. The third kappa shape index (κ3) is 3.78. The molecule has 0 bridgehead atoms. The number of amides is 1. The minimum atomic E-state index is -0.430. The van der Waals surface area contributed by atoms with Crippen molar-refractivity contribution in [2.75, 3.05) is 5.32 Å². The maximum atomic E-state index is 13.0. The number of anilines is 1. The fourth-order valence-electron chi connectivity index (χ4n) is 2.75. The van der Waals surface area contributed by atoms with Crippen LogP contribution < -0.4 is 10.9 Å². The van der Waals surface area contributed by atoms with Gasteiger partial charge in [-0.15, -0.1) is 11.3 Å². The SMILES string of the molecule is O=C(Nc1ncc(Cc2ccc(F)cc2)s1)c1cc2ccccc2c(=O)[nH]1. The molecular formula is C20H14FN3O2S. The number of nitrogens with zero attached hydrogens (tertiary/aromatic N) is 1. The number of halogens is 1. The molecule has 4 rings (SSSR count). The molecule has 0 fully saturated rings. The first-order valence-electron chi connectivity index (χ1n) is 8.21. The number of H-pyrrole nitrogens is 1. The molecule has 0 saturated heterocycles. The second-order valence-electron chi connectivity index (χ2n) is 5.99. The summed E-state index contributed by atoms with van der Waals surface area (Å²) in [5.41, 5.74) is 0.820. The first-order chi connectivity index (χ1) is 13.1. The molecule has 1 amide bonds. The van der Waals surface area contributed by atoms with Gasteiger partial charge in [0, 0.05) is 22.9 Å². The average Bonchev–Trinajstić information content (AvgIpc) is 3.10. The summed E-state index contributed by atoms with van der Waals surface area (Å²) in [6.07, 6.45) is 2.27. The molecule has 0 radical (unpaired) electrons. The molecule has 0 aliphatic rings. The molecule has 2 heterocycles. The number of carbonyl (C=O) groups excluding carboxylic acids is 1. The number of aromatic amines is 1. The largest absolute Gasteiger partial charge is 0.317 e. The summed E-state index contributed by atoms with van der Waals surface area (Å²) in [5, 5.41) is 4.37. The summed E-state index contributed by atoms with van der Waals surface area (Å²) in [5.74, 6) is -0.707. The lowest BCUT2D eigenvalue weighted by atomic mass is 10.1. The van der Waals surface area contributed by atoms with E-state index in [0.29, 0.717) is 22.3 Å². The minimum Gasteiger partial charge on any atom is -0.317 e. The van der Waals surface area contributed by atoms with Crippen molar-refractivity contribution in [1.29, 1.82) is 0 Å². The van der Waals surface area contributed by atoms with Crippen LogP contribution in [0.3, 0.4) is 0 Å². The maximum Gasteiger partial charge on any atom is 0.273 e. The van der Waals surface area contributed by atoms with Gasteiger partial charge in [0.15, 0.2) is 5.13 Å². The van der Waals surface area contributed by atoms with Gasteiger partial charge in [-0.3, -0.25) is 14.9 Å². The highest BCUT2D eigenvalue weighted by atomic mass is 32.1. The van der Waals surface area contributed by atoms with Gasteiger partial charge in [0.2, 0.25) is 0 Å². The maximum absolute atomic E-state index is 13.0. The predicted octanol–water partition coefficient (Wildman–Crippen LogP) is 3.97. The van der Waals surface area contributed by atoms with Crippen LogP contribution in [0.25, 0.3) is 10.8 Å². The van der Waals surface area contributed by atoms with Crippen molar-refractivity contribution in [3.63, 3.8) is 0 Å². The number of benzene rings is 2. The van der Waals surface area contributed by atoms with E-state index in [2.05, 4.69) is 15.3 Å². The molecule has 0 unspecified atom stereocenters. The van der Waals surface area contributed by atoms with Crippen LogP contribution in [0.5, 0.6) is 0 Å². The number of nitrogens with one attached hydrogen (secondary N) is 2. The normalized spacial score (nSPS) is 10.9. The molecule has 0 spiro atoms. The smallest absolute Gasteiger partial charge is 0.273 e. The Morgan fingerprint density at radius 3 is 2.74 bits per heavy atom. The van der Waals surface area contributed by atoms with Crippen LogP contribution in [0.1, 0.15) is 20.9 Å². The van der Waals surface area contributed by atoms with E-state index in [-0.39, 0.29) is 17.1 Å². The number of fused-ring (bicyclic) bond motifs is 1. The highest BCUT2D eigenvalue weighted by molar-refractivity contribution is 7.15. The van der Waals surface area contributed by atoms with Gasteiger partial charge < -0.3 is 4.98 Å². The average molecular weight is 379 g/mol. The zero-order valence-electron chi connectivity index (χ0n) is 14.0. The number of carbonyl (C=O) groups is 1. The first-order valence-corrected chi connectivity index (χ1v) is 9.03. The molecule has 5 nitrogen and oxygen atoms in total. The third-order valence-electron chi connectivity index (χ3n) is 4.06. The van der Waals surface area contributed by atoms with E-state index in [9.17, 15) is 14.0 Å². The van der Waals surface area contributed by atoms with Gasteiger partial charge in [-0.2, -0.15) is 0 Å². The molecule has 0 saturated carbocycles. The summed E-state index contributed by atoms with van der Waals surface area (Å²) in [6.45, 7) is 0. The molecular weight excluding hydrogens is 365 g/mol. The highest BCUT2D eigenvalue weighted by Crippen LogP contribution is 2.22. The fourth-order valence-corrected chi connectivity index (χ4v) is 3.59. The number of hydrogen-bond donors (Lipinski definition) is 2. The monoisotopic (exact) mass is 379 g/mol. The lowest BCUT2D eigenvalue weighted by molar-refractivity contribution is 0.102. The quantitative estimate of drug-likeness (QED) is 0.563. The van der Waals surface area contributed by atoms with Gasteiger partial charge in [0.1, 0.15) is 11.5 Å². The summed E-state index contributed by atoms with van der Waals surface area (Å²) < 4.78 is 13.0. The van der Waals surface area contributed by atoms with E-state index in [1.54, 1.807) is 42.6 Å². The molecule has 4 aromatic rings. The molecule has 0 atom stereocenters. The summed E-state index contributed by atoms with van der Waals surface area (Å²) >= 11 is 1.33. The Kier molecular flexibility index (Phi) is 4.52. The van der Waals surface area contributed by atoms with Gasteiger partial charge >= 0.3 is 0 Å². The molecule has 2 N–H and O–H groups in total. The van der Waals surface area contributed by atoms with Gasteiger partial charge in [-0.1, -0.05) is 30.3 Å². The number of aromatic nitrogens is 2. The molecule has 2 aromatic carbocycles. The van der Waals surface area contributed by atoms with Crippen molar-refractivity contribution in [3.05, 3.63) is 93.1 Å². The second kappa shape index (κ2) is 7.13. The number of pyridine rings is 1. The fraction of sp³-hybridized carbons (Fsp3) is 0.0500. The first kappa shape index (κ1) is 17.1. The van der Waals surface area contributed by atoms with Crippen LogP contribution in [0.2, 0.25) is 0 Å². The van der Waals surface area contributed by atoms with Crippen LogP contribution in [0.4, 0.5) is 9.52 Å². The molecule has 134 valence electrons. The zero-order valence-corrected chi connectivity index (χ0v) is 14.8. The van der Waals surface area contributed by atoms with Crippen LogP contribution in [-0.4, -0.2) is 15.9 Å². The summed E-state index contributed by atoms with van der Waals surface area (Å²) in [6, 6.07) is 15.0. The van der Waals surface area contributed by atoms with E-state index < -0.39 is 5.91 Å². The Hall–Kier alpha value is -3.32. The lowest BCUT2D eigenvalue weighted by Crippen LogP contribution is -2.18. The van der Waals surface area contributed by atoms with Crippen LogP contribution in [0.15, 0.2) is 65.6 Å². The van der Waals surface area contributed by atoms with Gasteiger partial charge in [-0.05, 0) is 35.2 Å². The van der Waals surface area contributed by atoms with E-state index in [1.807, 2.05) is 6.07 Å². The zero-order chi connectivity index (χ0) is 18.8. The van der Waals surface area contributed by atoms with Crippen LogP contribution in [0, 0.1) is 5.82 Å². The molecule has 7 heteroatoms. The standard InChI is InChI=1S/C20H14FN3O2S/c21-14-7-5-12(6-8-14)9-15-11-22-20(27-15)24-19(26)17-10-13-3-1-2-4-16(13)18(25)23-17/h1-8,10-11H,9H2,(H,23,25)(H,22,24,26). The van der Waals surface area contributed by atoms with Crippen molar-refractivity contribution in [2.24, 2.45) is 0 Å². The summed E-state index contributed by atoms with van der Waals surface area (Å²) in [7, 11) is 0.